The Morgan fingerprint density at radius 3 is 2.65 bits per heavy atom. The van der Waals surface area contributed by atoms with Gasteiger partial charge in [-0.2, -0.15) is 10.1 Å². The van der Waals surface area contributed by atoms with Gasteiger partial charge in [-0.15, -0.1) is 0 Å². The van der Waals surface area contributed by atoms with Crippen LogP contribution < -0.4 is 5.56 Å². The molecule has 5 aromatic rings. The number of aromatic amines is 2. The molecule has 0 amide bonds. The summed E-state index contributed by atoms with van der Waals surface area (Å²) in [5.74, 6) is 0.453. The van der Waals surface area contributed by atoms with E-state index in [1.165, 1.54) is 5.56 Å². The second kappa shape index (κ2) is 8.48. The van der Waals surface area contributed by atoms with Gasteiger partial charge in [0.2, 0.25) is 0 Å². The van der Waals surface area contributed by atoms with Gasteiger partial charge in [-0.05, 0) is 48.5 Å². The highest BCUT2D eigenvalue weighted by Gasteiger charge is 2.16. The maximum absolute atomic E-state index is 12.6. The first-order chi connectivity index (χ1) is 16.6. The maximum Gasteiger partial charge on any atom is 0.281 e. The predicted octanol–water partition coefficient (Wildman–Crippen LogP) is 3.28. The van der Waals surface area contributed by atoms with Crippen LogP contribution in [0.5, 0.6) is 0 Å². The number of nitrogens with one attached hydrogen (secondary N) is 2. The van der Waals surface area contributed by atoms with Crippen molar-refractivity contribution in [3.63, 3.8) is 0 Å². The van der Waals surface area contributed by atoms with E-state index >= 15 is 0 Å². The normalized spacial score (nSPS) is 15.3. The molecule has 2 N–H and O–H groups in total. The zero-order valence-corrected chi connectivity index (χ0v) is 19.0. The quantitative estimate of drug-likeness (QED) is 0.436. The van der Waals surface area contributed by atoms with E-state index in [-0.39, 0.29) is 5.56 Å². The van der Waals surface area contributed by atoms with Crippen molar-refractivity contribution in [3.05, 3.63) is 76.8 Å². The standard InChI is InChI=1S/C26H25N7O/c1-32-8-10-33(11-9-32)16-17-12-19(15-27-14-17)18-6-7-23-21(13-18)24(31-30-23)25-28-22-5-3-2-4-20(22)26(34)29-25/h2-7,12-15H,8-11,16H2,1H3,(H,30,31)(H,28,29,34). The summed E-state index contributed by atoms with van der Waals surface area (Å²) in [5, 5.41) is 9.00. The molecule has 0 aliphatic carbocycles. The summed E-state index contributed by atoms with van der Waals surface area (Å²) >= 11 is 0. The van der Waals surface area contributed by atoms with Gasteiger partial charge in [0.25, 0.3) is 5.56 Å². The molecule has 8 heteroatoms. The fourth-order valence-electron chi connectivity index (χ4n) is 4.58. The van der Waals surface area contributed by atoms with Gasteiger partial charge in [-0.1, -0.05) is 18.2 Å². The highest BCUT2D eigenvalue weighted by molar-refractivity contribution is 5.95. The highest BCUT2D eigenvalue weighted by atomic mass is 16.1. The molecule has 6 rings (SSSR count). The first-order valence-corrected chi connectivity index (χ1v) is 11.5. The lowest BCUT2D eigenvalue weighted by molar-refractivity contribution is 0.148. The fourth-order valence-corrected chi connectivity index (χ4v) is 4.58. The SMILES string of the molecule is CN1CCN(Cc2cncc(-c3ccc4[nH]nc(-c5nc(=O)c6ccccc6[nH]5)c4c3)c2)CC1. The van der Waals surface area contributed by atoms with Crippen LogP contribution in [0.3, 0.4) is 0 Å². The number of fused-ring (bicyclic) bond motifs is 2. The van der Waals surface area contributed by atoms with Crippen molar-refractivity contribution in [1.29, 1.82) is 0 Å². The van der Waals surface area contributed by atoms with Crippen molar-refractivity contribution in [3.8, 4) is 22.6 Å². The summed E-state index contributed by atoms with van der Waals surface area (Å²) < 4.78 is 0. The molecule has 3 aromatic heterocycles. The summed E-state index contributed by atoms with van der Waals surface area (Å²) in [6.45, 7) is 5.23. The summed E-state index contributed by atoms with van der Waals surface area (Å²) in [4.78, 5) is 29.4. The van der Waals surface area contributed by atoms with Crippen LogP contribution >= 0.6 is 0 Å². The molecule has 0 bridgehead atoms. The number of hydrogen-bond acceptors (Lipinski definition) is 6. The number of nitrogens with zero attached hydrogens (tertiary/aromatic N) is 5. The van der Waals surface area contributed by atoms with Gasteiger partial charge in [0.15, 0.2) is 5.82 Å². The molecule has 0 unspecified atom stereocenters. The number of hydrogen-bond donors (Lipinski definition) is 2. The number of pyridine rings is 1. The molecule has 8 nitrogen and oxygen atoms in total. The van der Waals surface area contributed by atoms with Gasteiger partial charge in [0.1, 0.15) is 5.69 Å². The van der Waals surface area contributed by atoms with Gasteiger partial charge in [-0.3, -0.25) is 19.8 Å². The molecule has 170 valence electrons. The van der Waals surface area contributed by atoms with Crippen LogP contribution in [0.1, 0.15) is 5.56 Å². The average molecular weight is 452 g/mol. The molecule has 0 saturated carbocycles. The van der Waals surface area contributed by atoms with E-state index in [4.69, 9.17) is 0 Å². The van der Waals surface area contributed by atoms with E-state index in [1.807, 2.05) is 36.7 Å². The van der Waals surface area contributed by atoms with Crippen molar-refractivity contribution in [2.24, 2.45) is 0 Å². The molecular weight excluding hydrogens is 426 g/mol. The lowest BCUT2D eigenvalue weighted by Gasteiger charge is -2.32. The molecule has 1 fully saturated rings. The Hall–Kier alpha value is -3.88. The van der Waals surface area contributed by atoms with Crippen molar-refractivity contribution in [2.45, 2.75) is 6.54 Å². The lowest BCUT2D eigenvalue weighted by Crippen LogP contribution is -2.43. The van der Waals surface area contributed by atoms with Crippen LogP contribution in [0.15, 0.2) is 65.7 Å². The number of piperazine rings is 1. The number of para-hydroxylation sites is 1. The van der Waals surface area contributed by atoms with Crippen LogP contribution in [0, 0.1) is 0 Å². The topological polar surface area (TPSA) is 93.8 Å². The van der Waals surface area contributed by atoms with E-state index in [0.29, 0.717) is 16.9 Å². The van der Waals surface area contributed by atoms with E-state index in [2.05, 4.69) is 60.2 Å². The van der Waals surface area contributed by atoms with Crippen molar-refractivity contribution in [1.82, 2.24) is 34.9 Å². The summed E-state index contributed by atoms with van der Waals surface area (Å²) in [5.41, 5.74) is 5.29. The molecule has 0 atom stereocenters. The minimum absolute atomic E-state index is 0.266. The van der Waals surface area contributed by atoms with E-state index in [0.717, 1.165) is 60.3 Å². The lowest BCUT2D eigenvalue weighted by atomic mass is 10.0. The number of aromatic nitrogens is 5. The minimum atomic E-state index is -0.266. The second-order valence-corrected chi connectivity index (χ2v) is 8.93. The average Bonchev–Trinajstić information content (AvgIpc) is 3.29. The Bertz CT molecular complexity index is 1550. The molecule has 0 spiro atoms. The largest absolute Gasteiger partial charge is 0.338 e. The first kappa shape index (κ1) is 20.7. The fraction of sp³-hybridized carbons (Fsp3) is 0.231. The van der Waals surface area contributed by atoms with Crippen LogP contribution in [-0.4, -0.2) is 68.2 Å². The molecule has 2 aromatic carbocycles. The summed E-state index contributed by atoms with van der Waals surface area (Å²) in [6.07, 6.45) is 3.85. The van der Waals surface area contributed by atoms with Gasteiger partial charge >= 0.3 is 0 Å². The van der Waals surface area contributed by atoms with Crippen LogP contribution in [0.25, 0.3) is 44.5 Å². The molecule has 4 heterocycles. The Morgan fingerprint density at radius 1 is 0.912 bits per heavy atom. The van der Waals surface area contributed by atoms with Crippen molar-refractivity contribution < 1.29 is 0 Å². The number of likely N-dealkylation sites (N-methyl/N-ethyl adjacent to an activating group) is 1. The number of H-pyrrole nitrogens is 2. The molecule has 1 saturated heterocycles. The number of rotatable bonds is 4. The zero-order chi connectivity index (χ0) is 23.1. The smallest absolute Gasteiger partial charge is 0.281 e. The third-order valence-corrected chi connectivity index (χ3v) is 6.54. The van der Waals surface area contributed by atoms with E-state index in [1.54, 1.807) is 6.07 Å². The third-order valence-electron chi connectivity index (χ3n) is 6.54. The van der Waals surface area contributed by atoms with Gasteiger partial charge in [-0.25, -0.2) is 0 Å². The van der Waals surface area contributed by atoms with Gasteiger partial charge in [0.05, 0.1) is 16.4 Å². The highest BCUT2D eigenvalue weighted by Crippen LogP contribution is 2.29. The molecular formula is C26H25N7O. The Morgan fingerprint density at radius 2 is 1.76 bits per heavy atom. The molecule has 1 aliphatic rings. The van der Waals surface area contributed by atoms with Crippen molar-refractivity contribution in [2.75, 3.05) is 33.2 Å². The van der Waals surface area contributed by atoms with Crippen molar-refractivity contribution >= 4 is 21.8 Å². The Labute approximate surface area is 196 Å². The number of benzene rings is 2. The minimum Gasteiger partial charge on any atom is -0.338 e. The molecule has 1 aliphatic heterocycles. The van der Waals surface area contributed by atoms with E-state index in [9.17, 15) is 4.79 Å². The van der Waals surface area contributed by atoms with Crippen LogP contribution in [-0.2, 0) is 6.54 Å². The Balaban J connectivity index is 1.35. The van der Waals surface area contributed by atoms with E-state index < -0.39 is 0 Å². The summed E-state index contributed by atoms with van der Waals surface area (Å²) in [6, 6.07) is 15.7. The summed E-state index contributed by atoms with van der Waals surface area (Å²) in [7, 11) is 2.17. The monoisotopic (exact) mass is 451 g/mol. The molecule has 0 radical (unpaired) electrons. The van der Waals surface area contributed by atoms with Crippen LogP contribution in [0.2, 0.25) is 0 Å². The van der Waals surface area contributed by atoms with Crippen LogP contribution in [0.4, 0.5) is 0 Å². The predicted molar refractivity (Wildman–Crippen MR) is 133 cm³/mol. The van der Waals surface area contributed by atoms with Gasteiger partial charge < -0.3 is 9.88 Å². The van der Waals surface area contributed by atoms with Gasteiger partial charge in [0, 0.05) is 56.1 Å². The first-order valence-electron chi connectivity index (χ1n) is 11.5. The molecule has 34 heavy (non-hydrogen) atoms. The second-order valence-electron chi connectivity index (χ2n) is 8.93. The maximum atomic E-state index is 12.6. The Kier molecular flexibility index (Phi) is 5.16. The third kappa shape index (κ3) is 3.87. The zero-order valence-electron chi connectivity index (χ0n) is 19.0.